The Balaban J connectivity index is 1.91. The minimum Gasteiger partial charge on any atom is -0.444 e. The minimum absolute atomic E-state index is 0.0142. The molecule has 0 aliphatic carbocycles. The molecule has 170 valence electrons. The number of fused-ring (bicyclic) bond motifs is 1. The van der Waals surface area contributed by atoms with Crippen LogP contribution in [-0.2, 0) is 24.8 Å². The molecule has 0 unspecified atom stereocenters. The first kappa shape index (κ1) is 23.2. The Morgan fingerprint density at radius 2 is 1.97 bits per heavy atom. The zero-order valence-corrected chi connectivity index (χ0v) is 19.0. The molecular weight excluding hydrogens is 438 g/mol. The number of carbonyl (C=O) groups excluding carboxylic acids is 2. The van der Waals surface area contributed by atoms with Gasteiger partial charge < -0.3 is 19.8 Å². The third-order valence-electron chi connectivity index (χ3n) is 4.45. The number of alkyl carbamates (subject to hydrolysis) is 1. The second-order valence-corrected chi connectivity index (χ2v) is 10.8. The van der Waals surface area contributed by atoms with Crippen LogP contribution in [0, 0.1) is 11.3 Å². The second kappa shape index (κ2) is 7.90. The van der Waals surface area contributed by atoms with Crippen molar-refractivity contribution in [1.29, 1.82) is 5.26 Å². The maximum absolute atomic E-state index is 12.9. The summed E-state index contributed by atoms with van der Waals surface area (Å²) in [5.41, 5.74) is -1.45. The number of ether oxygens (including phenoxy) is 1. The van der Waals surface area contributed by atoms with E-state index in [2.05, 4.69) is 26.9 Å². The topological polar surface area (TPSA) is 164 Å². The third-order valence-corrected chi connectivity index (χ3v) is 6.25. The monoisotopic (exact) mass is 461 g/mol. The Morgan fingerprint density at radius 1 is 1.28 bits per heavy atom. The van der Waals surface area contributed by atoms with Crippen molar-refractivity contribution in [1.82, 2.24) is 15.5 Å². The first-order valence-corrected chi connectivity index (χ1v) is 11.3. The average molecular weight is 462 g/mol. The summed E-state index contributed by atoms with van der Waals surface area (Å²) in [6, 6.07) is 4.86. The summed E-state index contributed by atoms with van der Waals surface area (Å²) >= 11 is 0. The number of hydrogen-bond donors (Lipinski definition) is 2. The van der Waals surface area contributed by atoms with E-state index in [0.717, 1.165) is 0 Å². The van der Waals surface area contributed by atoms with Crippen molar-refractivity contribution in [2.45, 2.75) is 56.6 Å². The van der Waals surface area contributed by atoms with Crippen LogP contribution in [0.5, 0.6) is 0 Å². The summed E-state index contributed by atoms with van der Waals surface area (Å²) < 4.78 is 36.4. The molecule has 0 fully saturated rings. The largest absolute Gasteiger partial charge is 0.444 e. The molecule has 0 bridgehead atoms. The molecule has 2 amide bonds. The predicted octanol–water partition coefficient (Wildman–Crippen LogP) is 2.16. The molecule has 1 aliphatic rings. The smallest absolute Gasteiger partial charge is 0.408 e. The SMILES string of the molecule is CC(C)(C)OC(=O)N[C@H]1CS(=O)(=O)c2ccc(-c3nnc(C(C)(C)C#N)o3)cc2NC1=O. The number of anilines is 1. The van der Waals surface area contributed by atoms with E-state index in [1.165, 1.54) is 18.2 Å². The van der Waals surface area contributed by atoms with Crippen LogP contribution in [0.1, 0.15) is 40.5 Å². The van der Waals surface area contributed by atoms with Gasteiger partial charge in [0, 0.05) is 5.56 Å². The van der Waals surface area contributed by atoms with Crippen molar-refractivity contribution in [3.8, 4) is 17.5 Å². The number of benzene rings is 1. The van der Waals surface area contributed by atoms with Gasteiger partial charge in [0.1, 0.15) is 17.1 Å². The van der Waals surface area contributed by atoms with E-state index in [1.807, 2.05) is 0 Å². The van der Waals surface area contributed by atoms with E-state index >= 15 is 0 Å². The van der Waals surface area contributed by atoms with Gasteiger partial charge >= 0.3 is 6.09 Å². The molecule has 2 N–H and O–H groups in total. The van der Waals surface area contributed by atoms with Gasteiger partial charge in [-0.1, -0.05) is 0 Å². The molecule has 12 heteroatoms. The molecular formula is C20H23N5O6S. The van der Waals surface area contributed by atoms with Crippen molar-refractivity contribution in [3.63, 3.8) is 0 Å². The highest BCUT2D eigenvalue weighted by atomic mass is 32.2. The molecule has 32 heavy (non-hydrogen) atoms. The Bertz CT molecular complexity index is 1220. The fourth-order valence-corrected chi connectivity index (χ4v) is 4.41. The lowest BCUT2D eigenvalue weighted by molar-refractivity contribution is -0.117. The molecule has 0 saturated carbocycles. The van der Waals surface area contributed by atoms with E-state index in [9.17, 15) is 23.3 Å². The van der Waals surface area contributed by atoms with Gasteiger partial charge in [0.05, 0.1) is 22.4 Å². The normalized spacial score (nSPS) is 18.0. The van der Waals surface area contributed by atoms with Gasteiger partial charge in [-0.05, 0) is 52.8 Å². The van der Waals surface area contributed by atoms with Gasteiger partial charge in [-0.2, -0.15) is 5.26 Å². The van der Waals surface area contributed by atoms with E-state index in [0.29, 0.717) is 5.56 Å². The van der Waals surface area contributed by atoms with Crippen molar-refractivity contribution in [2.75, 3.05) is 11.1 Å². The van der Waals surface area contributed by atoms with Crippen LogP contribution in [-0.4, -0.2) is 48.0 Å². The van der Waals surface area contributed by atoms with Crippen LogP contribution in [0.4, 0.5) is 10.5 Å². The molecule has 3 rings (SSSR count). The third kappa shape index (κ3) is 4.88. The lowest BCUT2D eigenvalue weighted by atomic mass is 9.96. The predicted molar refractivity (Wildman–Crippen MR) is 112 cm³/mol. The first-order valence-electron chi connectivity index (χ1n) is 9.65. The molecule has 1 aromatic carbocycles. The number of amides is 2. The average Bonchev–Trinajstić information content (AvgIpc) is 3.13. The van der Waals surface area contributed by atoms with Gasteiger partial charge in [0.2, 0.25) is 17.7 Å². The molecule has 0 spiro atoms. The van der Waals surface area contributed by atoms with Crippen LogP contribution < -0.4 is 10.6 Å². The van der Waals surface area contributed by atoms with Gasteiger partial charge in [-0.3, -0.25) is 4.79 Å². The van der Waals surface area contributed by atoms with Crippen molar-refractivity contribution in [3.05, 3.63) is 24.1 Å². The van der Waals surface area contributed by atoms with Crippen molar-refractivity contribution in [2.24, 2.45) is 0 Å². The summed E-state index contributed by atoms with van der Waals surface area (Å²) in [5, 5.41) is 21.8. The van der Waals surface area contributed by atoms with Crippen molar-refractivity contribution < 1.29 is 27.2 Å². The maximum Gasteiger partial charge on any atom is 0.408 e. The van der Waals surface area contributed by atoms with Crippen LogP contribution in [0.3, 0.4) is 0 Å². The van der Waals surface area contributed by atoms with Gasteiger partial charge in [0.25, 0.3) is 0 Å². The molecule has 1 atom stereocenters. The van der Waals surface area contributed by atoms with Crippen LogP contribution in [0.15, 0.2) is 27.5 Å². The summed E-state index contributed by atoms with van der Waals surface area (Å²) in [6.45, 7) is 8.18. The molecule has 1 aromatic heterocycles. The Kier molecular flexibility index (Phi) is 5.73. The quantitative estimate of drug-likeness (QED) is 0.696. The number of hydrogen-bond acceptors (Lipinski definition) is 9. The lowest BCUT2D eigenvalue weighted by Crippen LogP contribution is -2.48. The van der Waals surface area contributed by atoms with E-state index in [-0.39, 0.29) is 22.4 Å². The summed E-state index contributed by atoms with van der Waals surface area (Å²) in [5.74, 6) is -1.19. The number of aromatic nitrogens is 2. The second-order valence-electron chi connectivity index (χ2n) is 8.83. The minimum atomic E-state index is -3.93. The Morgan fingerprint density at radius 3 is 2.59 bits per heavy atom. The van der Waals surface area contributed by atoms with Crippen LogP contribution in [0.25, 0.3) is 11.5 Å². The summed E-state index contributed by atoms with van der Waals surface area (Å²) in [4.78, 5) is 24.6. The molecule has 0 radical (unpaired) electrons. The molecule has 2 heterocycles. The number of nitriles is 1. The highest BCUT2D eigenvalue weighted by molar-refractivity contribution is 7.91. The Labute approximate surface area is 185 Å². The van der Waals surface area contributed by atoms with Crippen molar-refractivity contribution >= 4 is 27.5 Å². The zero-order chi connectivity index (χ0) is 23.9. The standard InChI is InChI=1S/C20H23N5O6S/c1-19(2,3)31-18(27)23-13-9-32(28,29)14-7-6-11(8-12(14)22-15(13)26)16-24-25-17(30-16)20(4,5)10-21/h6-8,13H,9H2,1-5H3,(H,22,26)(H,23,27)/t13-/m0/s1. The Hall–Kier alpha value is -3.46. The zero-order valence-electron chi connectivity index (χ0n) is 18.2. The van der Waals surface area contributed by atoms with Gasteiger partial charge in [-0.15, -0.1) is 10.2 Å². The number of carbonyl (C=O) groups is 2. The summed E-state index contributed by atoms with van der Waals surface area (Å²) in [7, 11) is -3.93. The number of rotatable bonds is 3. The van der Waals surface area contributed by atoms with E-state index < -0.39 is 44.6 Å². The van der Waals surface area contributed by atoms with Crippen LogP contribution >= 0.6 is 0 Å². The van der Waals surface area contributed by atoms with E-state index in [1.54, 1.807) is 34.6 Å². The molecule has 11 nitrogen and oxygen atoms in total. The van der Waals surface area contributed by atoms with E-state index in [4.69, 9.17) is 9.15 Å². The van der Waals surface area contributed by atoms with Gasteiger partial charge in [0.15, 0.2) is 9.84 Å². The molecule has 0 saturated heterocycles. The van der Waals surface area contributed by atoms with Gasteiger partial charge in [-0.25, -0.2) is 13.2 Å². The fourth-order valence-electron chi connectivity index (χ4n) is 2.83. The summed E-state index contributed by atoms with van der Waals surface area (Å²) in [6.07, 6.45) is -0.905. The van der Waals surface area contributed by atoms with Crippen LogP contribution in [0.2, 0.25) is 0 Å². The fraction of sp³-hybridized carbons (Fsp3) is 0.450. The maximum atomic E-state index is 12.9. The number of nitrogens with zero attached hydrogens (tertiary/aromatic N) is 3. The highest BCUT2D eigenvalue weighted by Gasteiger charge is 2.35. The highest BCUT2D eigenvalue weighted by Crippen LogP contribution is 2.32. The molecule has 2 aromatic rings. The first-order chi connectivity index (χ1) is 14.7. The lowest BCUT2D eigenvalue weighted by Gasteiger charge is -2.22. The number of nitrogens with one attached hydrogen (secondary N) is 2. The number of sulfone groups is 1. The molecule has 1 aliphatic heterocycles.